The lowest BCUT2D eigenvalue weighted by Gasteiger charge is -2.11. The maximum absolute atomic E-state index is 13.5. The fourth-order valence-corrected chi connectivity index (χ4v) is 1.73. The summed E-state index contributed by atoms with van der Waals surface area (Å²) in [5.41, 5.74) is -0.0496. The predicted molar refractivity (Wildman–Crippen MR) is 65.6 cm³/mol. The highest BCUT2D eigenvalue weighted by atomic mass is 19.1. The topological polar surface area (TPSA) is 41.1 Å². The Labute approximate surface area is 105 Å². The molecule has 0 bridgehead atoms. The summed E-state index contributed by atoms with van der Waals surface area (Å²) < 4.78 is 27.0. The van der Waals surface area contributed by atoms with Crippen LogP contribution in [0.25, 0.3) is 0 Å². The van der Waals surface area contributed by atoms with E-state index in [0.717, 1.165) is 25.0 Å². The number of carbonyl (C=O) groups is 1. The summed E-state index contributed by atoms with van der Waals surface area (Å²) in [5, 5.41) is 5.11. The zero-order valence-corrected chi connectivity index (χ0v) is 10.4. The van der Waals surface area contributed by atoms with E-state index in [1.54, 1.807) is 0 Å². The third-order valence-electron chi connectivity index (χ3n) is 3.33. The highest BCUT2D eigenvalue weighted by Gasteiger charge is 2.37. The third-order valence-corrected chi connectivity index (χ3v) is 3.33. The fourth-order valence-electron chi connectivity index (χ4n) is 1.73. The highest BCUT2D eigenvalue weighted by Crippen LogP contribution is 2.44. The van der Waals surface area contributed by atoms with Crippen molar-refractivity contribution in [1.82, 2.24) is 5.32 Å². The summed E-state index contributed by atoms with van der Waals surface area (Å²) in [6.07, 6.45) is 2.16. The quantitative estimate of drug-likeness (QED) is 0.867. The molecule has 0 unspecified atom stereocenters. The molecule has 1 aliphatic carbocycles. The number of nitrogens with one attached hydrogen (secondary N) is 2. The summed E-state index contributed by atoms with van der Waals surface area (Å²) in [7, 11) is 1.43. The van der Waals surface area contributed by atoms with Crippen molar-refractivity contribution < 1.29 is 13.6 Å². The van der Waals surface area contributed by atoms with E-state index in [1.165, 1.54) is 7.05 Å². The van der Waals surface area contributed by atoms with Gasteiger partial charge in [0.15, 0.2) is 0 Å². The molecule has 5 heteroatoms. The number of benzene rings is 1. The molecule has 18 heavy (non-hydrogen) atoms. The van der Waals surface area contributed by atoms with Crippen LogP contribution in [-0.4, -0.2) is 19.5 Å². The van der Waals surface area contributed by atoms with Gasteiger partial charge in [-0.25, -0.2) is 8.78 Å². The zero-order valence-electron chi connectivity index (χ0n) is 10.4. The van der Waals surface area contributed by atoms with Gasteiger partial charge in [0.25, 0.3) is 5.91 Å². The molecule has 3 nitrogen and oxygen atoms in total. The monoisotopic (exact) mass is 254 g/mol. The molecule has 0 radical (unpaired) electrons. The first-order valence-corrected chi connectivity index (χ1v) is 5.90. The van der Waals surface area contributed by atoms with Crippen LogP contribution in [-0.2, 0) is 0 Å². The summed E-state index contributed by atoms with van der Waals surface area (Å²) in [6, 6.07) is 2.08. The van der Waals surface area contributed by atoms with Crippen molar-refractivity contribution in [2.75, 3.05) is 18.9 Å². The van der Waals surface area contributed by atoms with Gasteiger partial charge in [0, 0.05) is 19.2 Å². The van der Waals surface area contributed by atoms with Gasteiger partial charge in [0.2, 0.25) is 0 Å². The molecule has 1 fully saturated rings. The van der Waals surface area contributed by atoms with Gasteiger partial charge in [0.05, 0.1) is 0 Å². The Morgan fingerprint density at radius 2 is 1.89 bits per heavy atom. The average Bonchev–Trinajstić information content (AvgIpc) is 3.04. The minimum Gasteiger partial charge on any atom is -0.383 e. The van der Waals surface area contributed by atoms with Crippen molar-refractivity contribution in [1.29, 1.82) is 0 Å². The van der Waals surface area contributed by atoms with Crippen LogP contribution in [0.2, 0.25) is 0 Å². The van der Waals surface area contributed by atoms with E-state index in [2.05, 4.69) is 17.6 Å². The first kappa shape index (κ1) is 12.8. The Kier molecular flexibility index (Phi) is 3.24. The van der Waals surface area contributed by atoms with Gasteiger partial charge in [-0.3, -0.25) is 4.79 Å². The lowest BCUT2D eigenvalue weighted by Crippen LogP contribution is -2.29. The van der Waals surface area contributed by atoms with E-state index in [9.17, 15) is 13.6 Å². The number of carbonyl (C=O) groups excluding carboxylic acids is 1. The predicted octanol–water partition coefficient (Wildman–Crippen LogP) is 2.54. The minimum atomic E-state index is -0.764. The number of halogens is 2. The Balaban J connectivity index is 2.10. The van der Waals surface area contributed by atoms with Gasteiger partial charge in [-0.05, 0) is 30.4 Å². The van der Waals surface area contributed by atoms with Crippen LogP contribution < -0.4 is 10.6 Å². The van der Waals surface area contributed by atoms with Crippen molar-refractivity contribution >= 4 is 11.6 Å². The van der Waals surface area contributed by atoms with Crippen LogP contribution in [0.3, 0.4) is 0 Å². The molecule has 0 atom stereocenters. The maximum Gasteiger partial charge on any atom is 0.251 e. The molecule has 0 spiro atoms. The molecule has 1 amide bonds. The van der Waals surface area contributed by atoms with Gasteiger partial charge >= 0.3 is 0 Å². The third kappa shape index (κ3) is 2.60. The normalized spacial score (nSPS) is 16.2. The summed E-state index contributed by atoms with van der Waals surface area (Å²) in [4.78, 5) is 11.8. The van der Waals surface area contributed by atoms with Crippen LogP contribution in [0, 0.1) is 17.0 Å². The van der Waals surface area contributed by atoms with E-state index in [-0.39, 0.29) is 16.7 Å². The number of hydrogen-bond donors (Lipinski definition) is 2. The van der Waals surface area contributed by atoms with Crippen molar-refractivity contribution in [2.45, 2.75) is 19.8 Å². The van der Waals surface area contributed by atoms with Crippen molar-refractivity contribution in [2.24, 2.45) is 5.41 Å². The van der Waals surface area contributed by atoms with E-state index in [4.69, 9.17) is 0 Å². The average molecular weight is 254 g/mol. The molecule has 98 valence electrons. The highest BCUT2D eigenvalue weighted by molar-refractivity contribution is 5.94. The van der Waals surface area contributed by atoms with Crippen LogP contribution in [0.1, 0.15) is 30.1 Å². The van der Waals surface area contributed by atoms with Crippen molar-refractivity contribution in [3.63, 3.8) is 0 Å². The van der Waals surface area contributed by atoms with Gasteiger partial charge in [-0.2, -0.15) is 0 Å². The molecular formula is C13H16F2N2O. The Hall–Kier alpha value is -1.65. The first-order valence-electron chi connectivity index (χ1n) is 5.90. The van der Waals surface area contributed by atoms with Crippen LogP contribution in [0.5, 0.6) is 0 Å². The smallest absolute Gasteiger partial charge is 0.251 e. The Morgan fingerprint density at radius 3 is 2.33 bits per heavy atom. The second-order valence-electron chi connectivity index (χ2n) is 5.06. The molecule has 2 rings (SSSR count). The molecule has 2 N–H and O–H groups in total. The second kappa shape index (κ2) is 4.55. The first-order chi connectivity index (χ1) is 8.45. The second-order valence-corrected chi connectivity index (χ2v) is 5.06. The largest absolute Gasteiger partial charge is 0.383 e. The standard InChI is InChI=1S/C13H16F2N2O/c1-13(3-4-13)7-17-12(18)8-5-9(14)11(16-2)10(15)6-8/h5-6,16H,3-4,7H2,1-2H3,(H,17,18). The Morgan fingerprint density at radius 1 is 1.33 bits per heavy atom. The van der Waals surface area contributed by atoms with E-state index >= 15 is 0 Å². The van der Waals surface area contributed by atoms with Gasteiger partial charge in [-0.15, -0.1) is 0 Å². The van der Waals surface area contributed by atoms with E-state index < -0.39 is 17.5 Å². The molecule has 0 heterocycles. The van der Waals surface area contributed by atoms with Gasteiger partial charge in [0.1, 0.15) is 17.3 Å². The van der Waals surface area contributed by atoms with Gasteiger partial charge in [-0.1, -0.05) is 6.92 Å². The number of anilines is 1. The van der Waals surface area contributed by atoms with Crippen molar-refractivity contribution in [3.8, 4) is 0 Å². The maximum atomic E-state index is 13.5. The number of amides is 1. The zero-order chi connectivity index (χ0) is 13.3. The molecule has 1 aromatic rings. The molecule has 0 saturated heterocycles. The van der Waals surface area contributed by atoms with E-state index in [1.807, 2.05) is 0 Å². The molecular weight excluding hydrogens is 238 g/mol. The minimum absolute atomic E-state index is 0.00764. The number of hydrogen-bond acceptors (Lipinski definition) is 2. The molecule has 0 aliphatic heterocycles. The lowest BCUT2D eigenvalue weighted by atomic mass is 10.1. The van der Waals surface area contributed by atoms with E-state index in [0.29, 0.717) is 6.54 Å². The summed E-state index contributed by atoms with van der Waals surface area (Å²) in [6.45, 7) is 2.61. The lowest BCUT2D eigenvalue weighted by molar-refractivity contribution is 0.0945. The summed E-state index contributed by atoms with van der Waals surface area (Å²) >= 11 is 0. The molecule has 1 saturated carbocycles. The molecule has 0 aromatic heterocycles. The van der Waals surface area contributed by atoms with Crippen LogP contribution in [0.4, 0.5) is 14.5 Å². The van der Waals surface area contributed by atoms with Crippen LogP contribution in [0.15, 0.2) is 12.1 Å². The molecule has 1 aromatic carbocycles. The Bertz CT molecular complexity index is 461. The van der Waals surface area contributed by atoms with Crippen LogP contribution >= 0.6 is 0 Å². The number of rotatable bonds is 4. The van der Waals surface area contributed by atoms with Crippen molar-refractivity contribution in [3.05, 3.63) is 29.3 Å². The van der Waals surface area contributed by atoms with Gasteiger partial charge < -0.3 is 10.6 Å². The summed E-state index contributed by atoms with van der Waals surface area (Å²) in [5.74, 6) is -1.97. The fraction of sp³-hybridized carbons (Fsp3) is 0.462. The molecule has 1 aliphatic rings. The SMILES string of the molecule is CNc1c(F)cc(C(=O)NCC2(C)CC2)cc1F.